The molecule has 3 N–H and O–H groups in total. The zero-order chi connectivity index (χ0) is 13.5. The van der Waals surface area contributed by atoms with Crippen LogP contribution in [0, 0.1) is 0 Å². The first-order valence-corrected chi connectivity index (χ1v) is 6.61. The molecule has 5 nitrogen and oxygen atoms in total. The maximum absolute atomic E-state index is 11.6. The third kappa shape index (κ3) is 1.81. The second kappa shape index (κ2) is 4.51. The summed E-state index contributed by atoms with van der Waals surface area (Å²) in [4.78, 5) is 13.4. The molecule has 1 saturated heterocycles. The number of carbonyl (C=O) groups is 1. The summed E-state index contributed by atoms with van der Waals surface area (Å²) in [6.07, 6.45) is 2.84. The molecule has 0 saturated carbocycles. The molecule has 19 heavy (non-hydrogen) atoms. The number of carbonyl (C=O) groups excluding carboxylic acids is 1. The Labute approximate surface area is 111 Å². The molecule has 102 valence electrons. The summed E-state index contributed by atoms with van der Waals surface area (Å²) in [7, 11) is 0. The molecule has 1 aromatic carbocycles. The number of amides is 1. The first-order chi connectivity index (χ1) is 9.20. The number of hydrogen-bond acceptors (Lipinski definition) is 4. The van der Waals surface area contributed by atoms with E-state index in [4.69, 9.17) is 10.3 Å². The maximum Gasteiger partial charge on any atom is 0.248 e. The van der Waals surface area contributed by atoms with E-state index in [1.54, 1.807) is 4.90 Å². The van der Waals surface area contributed by atoms with Gasteiger partial charge in [0.05, 0.1) is 5.69 Å². The summed E-state index contributed by atoms with van der Waals surface area (Å²) >= 11 is 0. The summed E-state index contributed by atoms with van der Waals surface area (Å²) in [6, 6.07) is 5.89. The number of aliphatic hydroxyl groups is 1. The lowest BCUT2D eigenvalue weighted by Gasteiger charge is -2.25. The minimum absolute atomic E-state index is 0.00697. The van der Waals surface area contributed by atoms with Gasteiger partial charge in [-0.3, -0.25) is 15.5 Å². The van der Waals surface area contributed by atoms with Crippen molar-refractivity contribution in [2.24, 2.45) is 0 Å². The first kappa shape index (κ1) is 12.4. The van der Waals surface area contributed by atoms with Gasteiger partial charge in [-0.15, -0.1) is 0 Å². The summed E-state index contributed by atoms with van der Waals surface area (Å²) in [5, 5.41) is 18.1. The van der Waals surface area contributed by atoms with Crippen LogP contribution in [0.3, 0.4) is 0 Å². The van der Waals surface area contributed by atoms with Gasteiger partial charge >= 0.3 is 0 Å². The minimum atomic E-state index is -0.416. The minimum Gasteiger partial charge on any atom is -0.387 e. The highest BCUT2D eigenvalue weighted by Crippen LogP contribution is 2.47. The summed E-state index contributed by atoms with van der Waals surface area (Å²) in [5.41, 5.74) is 5.42. The van der Waals surface area contributed by atoms with E-state index in [1.165, 1.54) is 5.56 Å². The van der Waals surface area contributed by atoms with Crippen LogP contribution >= 0.6 is 0 Å². The molecule has 5 heteroatoms. The second-order valence-electron chi connectivity index (χ2n) is 5.45. The lowest BCUT2D eigenvalue weighted by atomic mass is 9.81. The van der Waals surface area contributed by atoms with E-state index in [9.17, 15) is 4.79 Å². The molecule has 0 aromatic heterocycles. The highest BCUT2D eigenvalue weighted by molar-refractivity contribution is 5.78. The molecular formula is C14H18N2O3. The predicted octanol–water partition coefficient (Wildman–Crippen LogP) is 0.896. The zero-order valence-corrected chi connectivity index (χ0v) is 10.7. The van der Waals surface area contributed by atoms with Crippen LogP contribution in [0.4, 0.5) is 5.69 Å². The van der Waals surface area contributed by atoms with E-state index in [2.05, 4.69) is 11.5 Å². The van der Waals surface area contributed by atoms with Crippen LogP contribution in [0.2, 0.25) is 0 Å². The van der Waals surface area contributed by atoms with Gasteiger partial charge in [-0.25, -0.2) is 0 Å². The van der Waals surface area contributed by atoms with E-state index >= 15 is 0 Å². The van der Waals surface area contributed by atoms with Crippen molar-refractivity contribution < 1.29 is 15.1 Å². The Bertz CT molecular complexity index is 517. The largest absolute Gasteiger partial charge is 0.387 e. The molecule has 0 bridgehead atoms. The van der Waals surface area contributed by atoms with E-state index < -0.39 is 6.61 Å². The SMILES string of the molecule is O=C(CO)N1CCC2(CCc3c(NO)cccc32)C1. The molecule has 1 aliphatic heterocycles. The van der Waals surface area contributed by atoms with E-state index in [1.807, 2.05) is 12.1 Å². The van der Waals surface area contributed by atoms with Gasteiger partial charge < -0.3 is 10.0 Å². The number of nitrogens with zero attached hydrogens (tertiary/aromatic N) is 1. The molecular weight excluding hydrogens is 244 g/mol. The monoisotopic (exact) mass is 262 g/mol. The Hall–Kier alpha value is -1.59. The van der Waals surface area contributed by atoms with Gasteiger partial charge in [0.2, 0.25) is 5.91 Å². The summed E-state index contributed by atoms with van der Waals surface area (Å²) in [6.45, 7) is 0.963. The average molecular weight is 262 g/mol. The molecule has 1 aromatic rings. The molecule has 1 amide bonds. The fourth-order valence-electron chi connectivity index (χ4n) is 3.57. The van der Waals surface area contributed by atoms with Gasteiger partial charge in [-0.05, 0) is 36.5 Å². The molecule has 1 aliphatic carbocycles. The zero-order valence-electron chi connectivity index (χ0n) is 10.7. The van der Waals surface area contributed by atoms with Crippen molar-refractivity contribution >= 4 is 11.6 Å². The molecule has 1 spiro atoms. The van der Waals surface area contributed by atoms with Gasteiger partial charge in [0.25, 0.3) is 0 Å². The van der Waals surface area contributed by atoms with Crippen LogP contribution < -0.4 is 5.48 Å². The van der Waals surface area contributed by atoms with E-state index in [0.29, 0.717) is 13.1 Å². The summed E-state index contributed by atoms with van der Waals surface area (Å²) in [5.74, 6) is -0.193. The fourth-order valence-corrected chi connectivity index (χ4v) is 3.57. The Morgan fingerprint density at radius 2 is 2.26 bits per heavy atom. The van der Waals surface area contributed by atoms with Gasteiger partial charge in [-0.2, -0.15) is 0 Å². The number of aliphatic hydroxyl groups excluding tert-OH is 1. The number of hydrogen-bond donors (Lipinski definition) is 3. The van der Waals surface area contributed by atoms with Crippen LogP contribution in [-0.4, -0.2) is 40.8 Å². The lowest BCUT2D eigenvalue weighted by molar-refractivity contribution is -0.133. The molecule has 2 aliphatic rings. The molecule has 1 atom stereocenters. The Morgan fingerprint density at radius 1 is 1.42 bits per heavy atom. The summed E-state index contributed by atoms with van der Waals surface area (Å²) < 4.78 is 0. The van der Waals surface area contributed by atoms with Gasteiger partial charge in [0, 0.05) is 18.5 Å². The molecule has 3 rings (SSSR count). The first-order valence-electron chi connectivity index (χ1n) is 6.61. The van der Waals surface area contributed by atoms with Crippen molar-refractivity contribution in [2.45, 2.75) is 24.7 Å². The quantitative estimate of drug-likeness (QED) is 0.692. The van der Waals surface area contributed by atoms with E-state index in [0.717, 1.165) is 30.5 Å². The van der Waals surface area contributed by atoms with Crippen molar-refractivity contribution in [2.75, 3.05) is 25.2 Å². The number of anilines is 1. The number of likely N-dealkylation sites (tertiary alicyclic amines) is 1. The number of rotatable bonds is 2. The molecule has 1 heterocycles. The average Bonchev–Trinajstić information content (AvgIpc) is 3.04. The Morgan fingerprint density at radius 3 is 3.00 bits per heavy atom. The van der Waals surface area contributed by atoms with E-state index in [-0.39, 0.29) is 11.3 Å². The second-order valence-corrected chi connectivity index (χ2v) is 5.45. The predicted molar refractivity (Wildman–Crippen MR) is 70.1 cm³/mol. The van der Waals surface area contributed by atoms with Crippen LogP contribution in [0.1, 0.15) is 24.0 Å². The number of benzene rings is 1. The van der Waals surface area contributed by atoms with Gasteiger partial charge in [0.15, 0.2) is 0 Å². The van der Waals surface area contributed by atoms with Crippen molar-refractivity contribution in [3.63, 3.8) is 0 Å². The fraction of sp³-hybridized carbons (Fsp3) is 0.500. The van der Waals surface area contributed by atoms with Crippen LogP contribution in [0.15, 0.2) is 18.2 Å². The highest BCUT2D eigenvalue weighted by Gasteiger charge is 2.45. The van der Waals surface area contributed by atoms with Crippen molar-refractivity contribution in [1.82, 2.24) is 4.90 Å². The molecule has 0 radical (unpaired) electrons. The van der Waals surface area contributed by atoms with Crippen molar-refractivity contribution in [3.05, 3.63) is 29.3 Å². The van der Waals surface area contributed by atoms with Crippen molar-refractivity contribution in [3.8, 4) is 0 Å². The number of fused-ring (bicyclic) bond motifs is 2. The van der Waals surface area contributed by atoms with Crippen LogP contribution in [-0.2, 0) is 16.6 Å². The van der Waals surface area contributed by atoms with Gasteiger partial charge in [0.1, 0.15) is 6.61 Å². The standard InChI is InChI=1S/C14H18N2O3/c17-8-13(18)16-7-6-14(9-16)5-4-10-11(14)2-1-3-12(10)15-19/h1-3,15,17,19H,4-9H2. The topological polar surface area (TPSA) is 72.8 Å². The smallest absolute Gasteiger partial charge is 0.248 e. The third-order valence-electron chi connectivity index (χ3n) is 4.56. The molecule has 1 fully saturated rings. The highest BCUT2D eigenvalue weighted by atomic mass is 16.5. The normalized spacial score (nSPS) is 24.8. The Kier molecular flexibility index (Phi) is 2.95. The lowest BCUT2D eigenvalue weighted by Crippen LogP contribution is -2.34. The Balaban J connectivity index is 1.93. The maximum atomic E-state index is 11.6. The van der Waals surface area contributed by atoms with Crippen LogP contribution in [0.25, 0.3) is 0 Å². The van der Waals surface area contributed by atoms with Crippen LogP contribution in [0.5, 0.6) is 0 Å². The van der Waals surface area contributed by atoms with Crippen molar-refractivity contribution in [1.29, 1.82) is 0 Å². The third-order valence-corrected chi connectivity index (χ3v) is 4.56. The van der Waals surface area contributed by atoms with Gasteiger partial charge in [-0.1, -0.05) is 12.1 Å². The molecule has 1 unspecified atom stereocenters. The number of nitrogens with one attached hydrogen (secondary N) is 1.